The number of carbonyl (C=O) groups excluding carboxylic acids is 1. The maximum atomic E-state index is 12.2. The maximum absolute atomic E-state index is 12.2. The fourth-order valence-corrected chi connectivity index (χ4v) is 2.63. The quantitative estimate of drug-likeness (QED) is 0.732. The standard InChI is InChI=1S/C16H22N2O4.ClH/c17-9-10-22-14-7-3-11(4-8-14)15(19)18-13-5-1-12(2-6-13)16(20)21;/h3-4,7-8,12-13H,1-2,5-6,9-10,17H2,(H,18,19)(H,20,21);1H. The summed E-state index contributed by atoms with van der Waals surface area (Å²) in [7, 11) is 0. The first-order valence-electron chi connectivity index (χ1n) is 7.56. The van der Waals surface area contributed by atoms with Gasteiger partial charge in [0.15, 0.2) is 0 Å². The van der Waals surface area contributed by atoms with Crippen LogP contribution >= 0.6 is 12.4 Å². The number of aliphatic carboxylic acids is 1. The molecule has 23 heavy (non-hydrogen) atoms. The zero-order chi connectivity index (χ0) is 15.9. The van der Waals surface area contributed by atoms with Crippen LogP contribution in [0.3, 0.4) is 0 Å². The van der Waals surface area contributed by atoms with E-state index in [0.29, 0.717) is 50.1 Å². The average molecular weight is 343 g/mol. The molecule has 1 aromatic rings. The van der Waals surface area contributed by atoms with Gasteiger partial charge in [0.25, 0.3) is 5.91 Å². The number of rotatable bonds is 6. The number of carboxylic acids is 1. The van der Waals surface area contributed by atoms with Crippen molar-refractivity contribution in [1.82, 2.24) is 5.32 Å². The Kier molecular flexibility index (Phi) is 7.85. The highest BCUT2D eigenvalue weighted by molar-refractivity contribution is 5.94. The summed E-state index contributed by atoms with van der Waals surface area (Å²) in [5.74, 6) is -0.460. The van der Waals surface area contributed by atoms with Crippen molar-refractivity contribution in [3.05, 3.63) is 29.8 Å². The summed E-state index contributed by atoms with van der Waals surface area (Å²) >= 11 is 0. The minimum absolute atomic E-state index is 0. The summed E-state index contributed by atoms with van der Waals surface area (Å²) in [4.78, 5) is 23.1. The van der Waals surface area contributed by atoms with Crippen LogP contribution in [0.25, 0.3) is 0 Å². The van der Waals surface area contributed by atoms with Gasteiger partial charge in [-0.25, -0.2) is 0 Å². The van der Waals surface area contributed by atoms with Crippen molar-refractivity contribution in [1.29, 1.82) is 0 Å². The second kappa shape index (κ2) is 9.37. The third-order valence-electron chi connectivity index (χ3n) is 3.91. The van der Waals surface area contributed by atoms with Crippen LogP contribution in [0.4, 0.5) is 0 Å². The molecule has 0 atom stereocenters. The van der Waals surface area contributed by atoms with E-state index in [-0.39, 0.29) is 30.3 Å². The maximum Gasteiger partial charge on any atom is 0.306 e. The highest BCUT2D eigenvalue weighted by Crippen LogP contribution is 2.24. The van der Waals surface area contributed by atoms with Gasteiger partial charge in [0.1, 0.15) is 12.4 Å². The van der Waals surface area contributed by atoms with E-state index in [2.05, 4.69) is 5.32 Å². The van der Waals surface area contributed by atoms with Gasteiger partial charge in [0.2, 0.25) is 0 Å². The molecule has 6 nitrogen and oxygen atoms in total. The van der Waals surface area contributed by atoms with E-state index in [0.717, 1.165) is 0 Å². The number of hydrogen-bond donors (Lipinski definition) is 3. The third-order valence-corrected chi connectivity index (χ3v) is 3.91. The first-order chi connectivity index (χ1) is 10.6. The van der Waals surface area contributed by atoms with Gasteiger partial charge in [-0.2, -0.15) is 0 Å². The van der Waals surface area contributed by atoms with Gasteiger partial charge in [-0.1, -0.05) is 0 Å². The zero-order valence-electron chi connectivity index (χ0n) is 12.9. The largest absolute Gasteiger partial charge is 0.492 e. The number of ether oxygens (including phenoxy) is 1. The van der Waals surface area contributed by atoms with E-state index in [1.54, 1.807) is 24.3 Å². The van der Waals surface area contributed by atoms with E-state index in [9.17, 15) is 9.59 Å². The zero-order valence-corrected chi connectivity index (χ0v) is 13.7. The molecule has 1 aliphatic rings. The summed E-state index contributed by atoms with van der Waals surface area (Å²) in [6.07, 6.45) is 2.65. The number of amides is 1. The number of hydrogen-bond acceptors (Lipinski definition) is 4. The molecular weight excluding hydrogens is 320 g/mol. The van der Waals surface area contributed by atoms with Crippen molar-refractivity contribution in [3.8, 4) is 5.75 Å². The molecule has 0 radical (unpaired) electrons. The van der Waals surface area contributed by atoms with Crippen molar-refractivity contribution in [2.45, 2.75) is 31.7 Å². The fraction of sp³-hybridized carbons (Fsp3) is 0.500. The molecule has 1 aliphatic carbocycles. The van der Waals surface area contributed by atoms with Gasteiger partial charge in [-0.3, -0.25) is 9.59 Å². The number of halogens is 1. The molecule has 0 spiro atoms. The molecule has 7 heteroatoms. The van der Waals surface area contributed by atoms with E-state index in [1.165, 1.54) is 0 Å². The number of carboxylic acid groups (broad SMARTS) is 1. The minimum atomic E-state index is -0.738. The molecular formula is C16H23ClN2O4. The topological polar surface area (TPSA) is 102 Å². The molecule has 4 N–H and O–H groups in total. The summed E-state index contributed by atoms with van der Waals surface area (Å²) < 4.78 is 5.36. The second-order valence-electron chi connectivity index (χ2n) is 5.52. The van der Waals surface area contributed by atoms with E-state index in [4.69, 9.17) is 15.6 Å². The highest BCUT2D eigenvalue weighted by atomic mass is 35.5. The first kappa shape index (κ1) is 19.3. The van der Waals surface area contributed by atoms with Crippen LogP contribution in [0.2, 0.25) is 0 Å². The van der Waals surface area contributed by atoms with Gasteiger partial charge in [-0.05, 0) is 49.9 Å². The highest BCUT2D eigenvalue weighted by Gasteiger charge is 2.26. The van der Waals surface area contributed by atoms with Crippen molar-refractivity contribution >= 4 is 24.3 Å². The minimum Gasteiger partial charge on any atom is -0.492 e. The van der Waals surface area contributed by atoms with Crippen LogP contribution in [0, 0.1) is 5.92 Å². The van der Waals surface area contributed by atoms with Crippen LogP contribution in [0.15, 0.2) is 24.3 Å². The van der Waals surface area contributed by atoms with Crippen molar-refractivity contribution in [2.75, 3.05) is 13.2 Å². The summed E-state index contributed by atoms with van der Waals surface area (Å²) in [6, 6.07) is 6.96. The molecule has 0 aromatic heterocycles. The number of benzene rings is 1. The lowest BCUT2D eigenvalue weighted by atomic mass is 9.86. The van der Waals surface area contributed by atoms with Gasteiger partial charge >= 0.3 is 5.97 Å². The molecule has 0 bridgehead atoms. The molecule has 1 saturated carbocycles. The summed E-state index contributed by atoms with van der Waals surface area (Å²) in [5.41, 5.74) is 5.93. The Morgan fingerprint density at radius 1 is 1.17 bits per heavy atom. The second-order valence-corrected chi connectivity index (χ2v) is 5.52. The smallest absolute Gasteiger partial charge is 0.306 e. The summed E-state index contributed by atoms with van der Waals surface area (Å²) in [5, 5.41) is 11.9. The molecule has 2 rings (SSSR count). The summed E-state index contributed by atoms with van der Waals surface area (Å²) in [6.45, 7) is 0.889. The normalized spacial score (nSPS) is 20.2. The lowest BCUT2D eigenvalue weighted by molar-refractivity contribution is -0.142. The Bertz CT molecular complexity index is 513. The molecule has 1 amide bonds. The van der Waals surface area contributed by atoms with E-state index in [1.807, 2.05) is 0 Å². The first-order valence-corrected chi connectivity index (χ1v) is 7.56. The van der Waals surface area contributed by atoms with Crippen LogP contribution in [-0.4, -0.2) is 36.2 Å². The SMILES string of the molecule is Cl.NCCOc1ccc(C(=O)NC2CCC(C(=O)O)CC2)cc1. The average Bonchev–Trinajstić information content (AvgIpc) is 2.54. The molecule has 0 saturated heterocycles. The molecule has 1 aromatic carbocycles. The van der Waals surface area contributed by atoms with Crippen molar-refractivity contribution in [2.24, 2.45) is 11.7 Å². The Labute approximate surface area is 141 Å². The molecule has 0 aliphatic heterocycles. The fourth-order valence-electron chi connectivity index (χ4n) is 2.63. The third kappa shape index (κ3) is 5.73. The van der Waals surface area contributed by atoms with Gasteiger partial charge in [0, 0.05) is 18.2 Å². The van der Waals surface area contributed by atoms with Gasteiger partial charge < -0.3 is 20.9 Å². The number of carbonyl (C=O) groups is 2. The Morgan fingerprint density at radius 2 is 1.78 bits per heavy atom. The predicted octanol–water partition coefficient (Wildman–Crippen LogP) is 1.82. The molecule has 0 unspecified atom stereocenters. The Hall–Kier alpha value is -1.79. The van der Waals surface area contributed by atoms with Crippen LogP contribution in [-0.2, 0) is 4.79 Å². The number of nitrogens with one attached hydrogen (secondary N) is 1. The molecule has 0 heterocycles. The van der Waals surface area contributed by atoms with Crippen LogP contribution < -0.4 is 15.8 Å². The van der Waals surface area contributed by atoms with Crippen LogP contribution in [0.1, 0.15) is 36.0 Å². The van der Waals surface area contributed by atoms with Gasteiger partial charge in [0.05, 0.1) is 5.92 Å². The predicted molar refractivity (Wildman–Crippen MR) is 89.1 cm³/mol. The van der Waals surface area contributed by atoms with E-state index >= 15 is 0 Å². The van der Waals surface area contributed by atoms with Gasteiger partial charge in [-0.15, -0.1) is 12.4 Å². The molecule has 1 fully saturated rings. The van der Waals surface area contributed by atoms with Crippen molar-refractivity contribution < 1.29 is 19.4 Å². The van der Waals surface area contributed by atoms with E-state index < -0.39 is 5.97 Å². The van der Waals surface area contributed by atoms with Crippen LogP contribution in [0.5, 0.6) is 5.75 Å². The monoisotopic (exact) mass is 342 g/mol. The molecule has 128 valence electrons. The number of nitrogens with two attached hydrogens (primary N) is 1. The Morgan fingerprint density at radius 3 is 2.30 bits per heavy atom. The lowest BCUT2D eigenvalue weighted by Crippen LogP contribution is -2.38. The van der Waals surface area contributed by atoms with Crippen molar-refractivity contribution in [3.63, 3.8) is 0 Å². The lowest BCUT2D eigenvalue weighted by Gasteiger charge is -2.26. The Balaban J connectivity index is 0.00000264.